The Kier molecular flexibility index (Phi) is 6.09. The number of anilines is 3. The second kappa shape index (κ2) is 9.35. The van der Waals surface area contributed by atoms with Gasteiger partial charge in [-0.2, -0.15) is 0 Å². The third-order valence-corrected chi connectivity index (χ3v) is 6.70. The van der Waals surface area contributed by atoms with Gasteiger partial charge in [-0.3, -0.25) is 19.3 Å². The van der Waals surface area contributed by atoms with Crippen LogP contribution in [0.15, 0.2) is 72.8 Å². The van der Waals surface area contributed by atoms with E-state index in [0.717, 1.165) is 36.8 Å². The Morgan fingerprint density at radius 2 is 1.40 bits per heavy atom. The van der Waals surface area contributed by atoms with Crippen LogP contribution in [0.5, 0.6) is 0 Å². The van der Waals surface area contributed by atoms with Crippen molar-refractivity contribution < 1.29 is 14.4 Å². The van der Waals surface area contributed by atoms with Crippen LogP contribution in [0.4, 0.5) is 17.1 Å². The lowest BCUT2D eigenvalue weighted by Crippen LogP contribution is -2.48. The monoisotopic (exact) mass is 468 g/mol. The molecule has 5 rings (SSSR count). The molecule has 1 N–H and O–H groups in total. The fraction of sp³-hybridized carbons (Fsp3) is 0.250. The number of nitrogens with one attached hydrogen (secondary N) is 1. The van der Waals surface area contributed by atoms with E-state index in [2.05, 4.69) is 29.0 Å². The molecule has 0 atom stereocenters. The topological polar surface area (TPSA) is 73.0 Å². The summed E-state index contributed by atoms with van der Waals surface area (Å²) < 4.78 is 0. The molecule has 0 saturated carbocycles. The minimum Gasteiger partial charge on any atom is -0.369 e. The molecule has 178 valence electrons. The lowest BCUT2D eigenvalue weighted by Gasteiger charge is -2.38. The first-order valence-corrected chi connectivity index (χ1v) is 11.9. The van der Waals surface area contributed by atoms with Crippen molar-refractivity contribution in [3.63, 3.8) is 0 Å². The number of carbonyl (C=O) groups is 3. The third kappa shape index (κ3) is 4.42. The molecule has 0 aliphatic carbocycles. The van der Waals surface area contributed by atoms with Gasteiger partial charge >= 0.3 is 0 Å². The third-order valence-electron chi connectivity index (χ3n) is 6.70. The summed E-state index contributed by atoms with van der Waals surface area (Å²) in [6.07, 6.45) is 0. The Hall–Kier alpha value is -3.97. The highest BCUT2D eigenvalue weighted by atomic mass is 16.2. The van der Waals surface area contributed by atoms with Gasteiger partial charge in [0.1, 0.15) is 0 Å². The summed E-state index contributed by atoms with van der Waals surface area (Å²) in [7, 11) is 0. The molecule has 1 saturated heterocycles. The van der Waals surface area contributed by atoms with Crippen LogP contribution in [0.3, 0.4) is 0 Å². The number of benzene rings is 3. The zero-order chi connectivity index (χ0) is 24.5. The molecule has 3 aromatic carbocycles. The number of rotatable bonds is 5. The Labute approximate surface area is 204 Å². The number of amides is 3. The van der Waals surface area contributed by atoms with Gasteiger partial charge in [-0.25, -0.2) is 4.90 Å². The maximum atomic E-state index is 12.9. The van der Waals surface area contributed by atoms with E-state index in [4.69, 9.17) is 0 Å². The van der Waals surface area contributed by atoms with Crippen LogP contribution in [0.1, 0.15) is 44.9 Å². The predicted octanol–water partition coefficient (Wildman–Crippen LogP) is 4.27. The summed E-state index contributed by atoms with van der Waals surface area (Å²) in [5, 5.41) is 2.88. The van der Waals surface area contributed by atoms with Gasteiger partial charge in [-0.05, 0) is 68.4 Å². The SMILES string of the molecule is CC(C)N1CCN(c2ccc(C(=O)Nc3cccc(N4C(=O)c5ccccc5C4=O)c3)cc2)CC1. The van der Waals surface area contributed by atoms with Crippen LogP contribution in [0, 0.1) is 0 Å². The molecule has 3 amide bonds. The average molecular weight is 469 g/mol. The van der Waals surface area contributed by atoms with Gasteiger partial charge in [0.15, 0.2) is 0 Å². The summed E-state index contributed by atoms with van der Waals surface area (Å²) in [4.78, 5) is 44.4. The lowest BCUT2D eigenvalue weighted by atomic mass is 10.1. The van der Waals surface area contributed by atoms with Gasteiger partial charge in [0.2, 0.25) is 0 Å². The van der Waals surface area contributed by atoms with E-state index >= 15 is 0 Å². The molecule has 1 fully saturated rings. The lowest BCUT2D eigenvalue weighted by molar-refractivity contribution is 0.0925. The smallest absolute Gasteiger partial charge is 0.266 e. The summed E-state index contributed by atoms with van der Waals surface area (Å²) in [5.41, 5.74) is 3.36. The van der Waals surface area contributed by atoms with Gasteiger partial charge in [-0.15, -0.1) is 0 Å². The Morgan fingerprint density at radius 1 is 0.771 bits per heavy atom. The quantitative estimate of drug-likeness (QED) is 0.566. The predicted molar refractivity (Wildman–Crippen MR) is 137 cm³/mol. The van der Waals surface area contributed by atoms with E-state index in [1.807, 2.05) is 24.3 Å². The van der Waals surface area contributed by atoms with Crippen molar-refractivity contribution in [2.75, 3.05) is 41.3 Å². The molecular formula is C28H28N4O3. The summed E-state index contributed by atoms with van der Waals surface area (Å²) in [6, 6.07) is 21.7. The van der Waals surface area contributed by atoms with Crippen molar-refractivity contribution in [3.05, 3.63) is 89.5 Å². The highest BCUT2D eigenvalue weighted by Gasteiger charge is 2.36. The molecule has 2 aliphatic heterocycles. The molecule has 2 heterocycles. The van der Waals surface area contributed by atoms with Gasteiger partial charge < -0.3 is 10.2 Å². The maximum Gasteiger partial charge on any atom is 0.266 e. The van der Waals surface area contributed by atoms with Crippen molar-refractivity contribution in [2.24, 2.45) is 0 Å². The van der Waals surface area contributed by atoms with E-state index < -0.39 is 0 Å². The number of imide groups is 1. The molecule has 7 heteroatoms. The summed E-state index contributed by atoms with van der Waals surface area (Å²) in [5.74, 6) is -0.974. The summed E-state index contributed by atoms with van der Waals surface area (Å²) in [6.45, 7) is 8.44. The first-order chi connectivity index (χ1) is 16.9. The fourth-order valence-electron chi connectivity index (χ4n) is 4.67. The van der Waals surface area contributed by atoms with Crippen LogP contribution >= 0.6 is 0 Å². The Bertz CT molecular complexity index is 1240. The minimum absolute atomic E-state index is 0.249. The Balaban J connectivity index is 1.26. The largest absolute Gasteiger partial charge is 0.369 e. The first-order valence-electron chi connectivity index (χ1n) is 11.9. The van der Waals surface area contributed by atoms with E-state index in [1.54, 1.807) is 48.5 Å². The highest BCUT2D eigenvalue weighted by molar-refractivity contribution is 6.34. The number of piperazine rings is 1. The number of hydrogen-bond acceptors (Lipinski definition) is 5. The van der Waals surface area contributed by atoms with Crippen LogP contribution < -0.4 is 15.1 Å². The molecule has 2 aliphatic rings. The maximum absolute atomic E-state index is 12.9. The van der Waals surface area contributed by atoms with E-state index in [1.165, 1.54) is 0 Å². The van der Waals surface area contributed by atoms with Crippen LogP contribution in [-0.2, 0) is 0 Å². The van der Waals surface area contributed by atoms with Gasteiger partial charge in [-0.1, -0.05) is 18.2 Å². The molecule has 3 aromatic rings. The second-order valence-corrected chi connectivity index (χ2v) is 9.16. The van der Waals surface area contributed by atoms with Crippen molar-refractivity contribution in [1.29, 1.82) is 0 Å². The van der Waals surface area contributed by atoms with Gasteiger partial charge in [0.05, 0.1) is 16.8 Å². The molecule has 0 spiro atoms. The van der Waals surface area contributed by atoms with Crippen LogP contribution in [0.25, 0.3) is 0 Å². The van der Waals surface area contributed by atoms with E-state index in [-0.39, 0.29) is 17.7 Å². The Morgan fingerprint density at radius 3 is 2.00 bits per heavy atom. The number of carbonyl (C=O) groups excluding carboxylic acids is 3. The van der Waals surface area contributed by atoms with Crippen LogP contribution in [0.2, 0.25) is 0 Å². The zero-order valence-electron chi connectivity index (χ0n) is 19.9. The number of hydrogen-bond donors (Lipinski definition) is 1. The van der Waals surface area contributed by atoms with Crippen molar-refractivity contribution in [1.82, 2.24) is 4.90 Å². The fourth-order valence-corrected chi connectivity index (χ4v) is 4.67. The van der Waals surface area contributed by atoms with Crippen molar-refractivity contribution in [2.45, 2.75) is 19.9 Å². The molecule has 0 bridgehead atoms. The molecule has 7 nitrogen and oxygen atoms in total. The van der Waals surface area contributed by atoms with Gasteiger partial charge in [0, 0.05) is 49.2 Å². The standard InChI is InChI=1S/C28H28N4O3/c1-19(2)30-14-16-31(17-15-30)22-12-10-20(11-13-22)26(33)29-21-6-5-7-23(18-21)32-27(34)24-8-3-4-9-25(24)28(32)35/h3-13,18-19H,14-17H2,1-2H3,(H,29,33). The van der Waals surface area contributed by atoms with E-state index in [9.17, 15) is 14.4 Å². The number of nitrogens with zero attached hydrogens (tertiary/aromatic N) is 3. The molecule has 0 unspecified atom stereocenters. The normalized spacial score (nSPS) is 16.1. The summed E-state index contributed by atoms with van der Waals surface area (Å²) >= 11 is 0. The van der Waals surface area contributed by atoms with Crippen molar-refractivity contribution >= 4 is 34.8 Å². The second-order valence-electron chi connectivity index (χ2n) is 9.16. The molecule has 0 radical (unpaired) electrons. The molecule has 0 aromatic heterocycles. The highest BCUT2D eigenvalue weighted by Crippen LogP contribution is 2.30. The average Bonchev–Trinajstić information content (AvgIpc) is 3.14. The van der Waals surface area contributed by atoms with Crippen LogP contribution in [-0.4, -0.2) is 54.8 Å². The molecular weight excluding hydrogens is 440 g/mol. The first kappa shape index (κ1) is 22.8. The van der Waals surface area contributed by atoms with Crippen molar-refractivity contribution in [3.8, 4) is 0 Å². The van der Waals surface area contributed by atoms with Gasteiger partial charge in [0.25, 0.3) is 17.7 Å². The van der Waals surface area contributed by atoms with E-state index in [0.29, 0.717) is 34.1 Å². The zero-order valence-corrected chi connectivity index (χ0v) is 19.9. The molecule has 35 heavy (non-hydrogen) atoms. The minimum atomic E-state index is -0.362. The number of fused-ring (bicyclic) bond motifs is 1.